The minimum absolute atomic E-state index is 0.0716. The van der Waals surface area contributed by atoms with Crippen molar-refractivity contribution < 1.29 is 8.78 Å². The molecule has 0 unspecified atom stereocenters. The molecule has 1 N–H and O–H groups in total. The van der Waals surface area contributed by atoms with Crippen molar-refractivity contribution in [2.75, 3.05) is 12.4 Å². The molecule has 0 aliphatic rings. The lowest BCUT2D eigenvalue weighted by molar-refractivity contribution is 0.0171. The molecule has 2 aromatic rings. The fourth-order valence-corrected chi connectivity index (χ4v) is 1.67. The van der Waals surface area contributed by atoms with Crippen LogP contribution in [-0.4, -0.2) is 12.0 Å². The van der Waals surface area contributed by atoms with Crippen LogP contribution in [0.2, 0.25) is 0 Å². The predicted octanol–water partition coefficient (Wildman–Crippen LogP) is 3.90. The first kappa shape index (κ1) is 12.5. The monoisotopic (exact) mass is 248 g/mol. The van der Waals surface area contributed by atoms with Gasteiger partial charge in [0, 0.05) is 43.2 Å². The maximum atomic E-state index is 13.2. The number of aromatic nitrogens is 1. The van der Waals surface area contributed by atoms with Crippen molar-refractivity contribution >= 4 is 5.69 Å². The van der Waals surface area contributed by atoms with Crippen LogP contribution in [0.3, 0.4) is 0 Å². The molecule has 94 valence electrons. The predicted molar refractivity (Wildman–Crippen MR) is 68.8 cm³/mol. The highest BCUT2D eigenvalue weighted by Gasteiger charge is 2.24. The van der Waals surface area contributed by atoms with E-state index in [9.17, 15) is 8.78 Å². The average molecular weight is 248 g/mol. The van der Waals surface area contributed by atoms with Crippen molar-refractivity contribution in [3.63, 3.8) is 0 Å². The summed E-state index contributed by atoms with van der Waals surface area (Å²) in [5.74, 6) is -2.87. The fraction of sp³-hybridized carbons (Fsp3) is 0.214. The third-order valence-corrected chi connectivity index (χ3v) is 2.75. The second-order valence-electron chi connectivity index (χ2n) is 4.18. The molecule has 1 aromatic carbocycles. The lowest BCUT2D eigenvalue weighted by Gasteiger charge is -2.11. The molecule has 0 amide bonds. The Bertz CT molecular complexity index is 530. The van der Waals surface area contributed by atoms with Gasteiger partial charge >= 0.3 is 0 Å². The molecule has 4 heteroatoms. The lowest BCUT2D eigenvalue weighted by Crippen LogP contribution is -2.07. The molecule has 0 fully saturated rings. The molecule has 18 heavy (non-hydrogen) atoms. The van der Waals surface area contributed by atoms with Crippen LogP contribution < -0.4 is 5.32 Å². The summed E-state index contributed by atoms with van der Waals surface area (Å²) < 4.78 is 26.4. The molecule has 0 aliphatic carbocycles. The topological polar surface area (TPSA) is 24.9 Å². The standard InChI is InChI=1S/C14H14F2N2/c1-14(15,16)12-7-11(8-18-9-12)10-3-5-13(17-2)6-4-10/h3-9,17H,1-2H3. The van der Waals surface area contributed by atoms with Crippen LogP contribution >= 0.6 is 0 Å². The van der Waals surface area contributed by atoms with Crippen molar-refractivity contribution in [3.8, 4) is 11.1 Å². The first-order chi connectivity index (χ1) is 8.50. The summed E-state index contributed by atoms with van der Waals surface area (Å²) in [7, 11) is 1.83. The fourth-order valence-electron chi connectivity index (χ4n) is 1.67. The van der Waals surface area contributed by atoms with Gasteiger partial charge in [-0.25, -0.2) is 8.78 Å². The smallest absolute Gasteiger partial charge is 0.272 e. The van der Waals surface area contributed by atoms with Crippen LogP contribution in [0.15, 0.2) is 42.7 Å². The molecule has 0 radical (unpaired) electrons. The van der Waals surface area contributed by atoms with E-state index in [2.05, 4.69) is 10.3 Å². The molecule has 0 atom stereocenters. The number of halogens is 2. The van der Waals surface area contributed by atoms with E-state index in [1.54, 1.807) is 6.20 Å². The zero-order valence-corrected chi connectivity index (χ0v) is 10.2. The van der Waals surface area contributed by atoms with E-state index in [0.29, 0.717) is 5.56 Å². The molecule has 0 saturated heterocycles. The van der Waals surface area contributed by atoms with E-state index in [-0.39, 0.29) is 5.56 Å². The van der Waals surface area contributed by atoms with Crippen LogP contribution in [-0.2, 0) is 5.92 Å². The second kappa shape index (κ2) is 4.72. The number of rotatable bonds is 3. The van der Waals surface area contributed by atoms with Crippen LogP contribution in [0.4, 0.5) is 14.5 Å². The largest absolute Gasteiger partial charge is 0.388 e. The van der Waals surface area contributed by atoms with Crippen molar-refractivity contribution in [3.05, 3.63) is 48.3 Å². The molecular formula is C14H14F2N2. The highest BCUT2D eigenvalue weighted by atomic mass is 19.3. The number of nitrogens with zero attached hydrogens (tertiary/aromatic N) is 1. The molecular weight excluding hydrogens is 234 g/mol. The Labute approximate surface area is 105 Å². The Balaban J connectivity index is 2.38. The Kier molecular flexibility index (Phi) is 3.28. The number of pyridine rings is 1. The number of hydrogen-bond acceptors (Lipinski definition) is 2. The van der Waals surface area contributed by atoms with Crippen LogP contribution in [0.1, 0.15) is 12.5 Å². The van der Waals surface area contributed by atoms with Crippen molar-refractivity contribution in [2.45, 2.75) is 12.8 Å². The first-order valence-corrected chi connectivity index (χ1v) is 5.62. The maximum Gasteiger partial charge on any atom is 0.272 e. The Hall–Kier alpha value is -1.97. The zero-order valence-electron chi connectivity index (χ0n) is 10.2. The summed E-state index contributed by atoms with van der Waals surface area (Å²) in [6.45, 7) is 0.873. The molecule has 1 aromatic heterocycles. The molecule has 2 nitrogen and oxygen atoms in total. The molecule has 0 spiro atoms. The number of hydrogen-bond donors (Lipinski definition) is 1. The van der Waals surface area contributed by atoms with Gasteiger partial charge in [-0.15, -0.1) is 0 Å². The number of alkyl halides is 2. The third kappa shape index (κ3) is 2.64. The van der Waals surface area contributed by atoms with Crippen molar-refractivity contribution in [2.24, 2.45) is 0 Å². The minimum Gasteiger partial charge on any atom is -0.388 e. The van der Waals surface area contributed by atoms with Gasteiger partial charge in [-0.05, 0) is 23.8 Å². The van der Waals surface area contributed by atoms with Gasteiger partial charge in [-0.2, -0.15) is 0 Å². The quantitative estimate of drug-likeness (QED) is 0.891. The van der Waals surface area contributed by atoms with Crippen molar-refractivity contribution in [1.29, 1.82) is 0 Å². The van der Waals surface area contributed by atoms with E-state index in [0.717, 1.165) is 18.2 Å². The van der Waals surface area contributed by atoms with Gasteiger partial charge in [0.25, 0.3) is 5.92 Å². The van der Waals surface area contributed by atoms with E-state index >= 15 is 0 Å². The number of nitrogens with one attached hydrogen (secondary N) is 1. The molecule has 0 aliphatic heterocycles. The van der Waals surface area contributed by atoms with Crippen LogP contribution in [0.5, 0.6) is 0 Å². The van der Waals surface area contributed by atoms with E-state index in [1.165, 1.54) is 12.3 Å². The van der Waals surface area contributed by atoms with Gasteiger partial charge in [0.15, 0.2) is 0 Å². The van der Waals surface area contributed by atoms with Gasteiger partial charge < -0.3 is 5.32 Å². The summed E-state index contributed by atoms with van der Waals surface area (Å²) in [6, 6.07) is 9.01. The number of anilines is 1. The van der Waals surface area contributed by atoms with Crippen LogP contribution in [0.25, 0.3) is 11.1 Å². The van der Waals surface area contributed by atoms with E-state index in [4.69, 9.17) is 0 Å². The highest BCUT2D eigenvalue weighted by Crippen LogP contribution is 2.29. The van der Waals surface area contributed by atoms with E-state index in [1.807, 2.05) is 31.3 Å². The summed E-state index contributed by atoms with van der Waals surface area (Å²) in [5.41, 5.74) is 2.46. The van der Waals surface area contributed by atoms with Gasteiger partial charge in [-0.1, -0.05) is 12.1 Å². The minimum atomic E-state index is -2.87. The molecule has 1 heterocycles. The Morgan fingerprint density at radius 3 is 2.28 bits per heavy atom. The Morgan fingerprint density at radius 2 is 1.72 bits per heavy atom. The van der Waals surface area contributed by atoms with Crippen molar-refractivity contribution in [1.82, 2.24) is 4.98 Å². The lowest BCUT2D eigenvalue weighted by atomic mass is 10.0. The second-order valence-corrected chi connectivity index (χ2v) is 4.18. The molecule has 0 saturated carbocycles. The summed E-state index contributed by atoms with van der Waals surface area (Å²) in [5, 5.41) is 3.01. The van der Waals surface area contributed by atoms with Gasteiger partial charge in [0.05, 0.1) is 0 Å². The zero-order chi connectivity index (χ0) is 13.2. The van der Waals surface area contributed by atoms with Crippen LogP contribution in [0, 0.1) is 0 Å². The summed E-state index contributed by atoms with van der Waals surface area (Å²) in [4.78, 5) is 3.87. The normalized spacial score (nSPS) is 11.3. The van der Waals surface area contributed by atoms with Gasteiger partial charge in [0.1, 0.15) is 0 Å². The van der Waals surface area contributed by atoms with Gasteiger partial charge in [0.2, 0.25) is 0 Å². The SMILES string of the molecule is CNc1ccc(-c2cncc(C(C)(F)F)c2)cc1. The van der Waals surface area contributed by atoms with Gasteiger partial charge in [-0.3, -0.25) is 4.98 Å². The average Bonchev–Trinajstić information content (AvgIpc) is 2.38. The maximum absolute atomic E-state index is 13.2. The van der Waals surface area contributed by atoms with E-state index < -0.39 is 5.92 Å². The first-order valence-electron chi connectivity index (χ1n) is 5.62. The molecule has 2 rings (SSSR count). The summed E-state index contributed by atoms with van der Waals surface area (Å²) >= 11 is 0. The number of benzene rings is 1. The Morgan fingerprint density at radius 1 is 1.06 bits per heavy atom. The summed E-state index contributed by atoms with van der Waals surface area (Å²) in [6.07, 6.45) is 2.79. The highest BCUT2D eigenvalue weighted by molar-refractivity contribution is 5.65. The third-order valence-electron chi connectivity index (χ3n) is 2.75. The molecule has 0 bridgehead atoms.